The van der Waals surface area contributed by atoms with Crippen molar-refractivity contribution >= 4 is 23.2 Å². The molecule has 1 aromatic carbocycles. The quantitative estimate of drug-likeness (QED) is 0.777. The Hall–Kier alpha value is -0.280. The van der Waals surface area contributed by atoms with Gasteiger partial charge in [-0.2, -0.15) is 0 Å². The molecule has 0 fully saturated rings. The zero-order chi connectivity index (χ0) is 14.5. The van der Waals surface area contributed by atoms with Crippen molar-refractivity contribution in [2.24, 2.45) is 0 Å². The second-order valence-corrected chi connectivity index (χ2v) is 5.77. The van der Waals surface area contributed by atoms with Crippen molar-refractivity contribution in [2.75, 3.05) is 13.7 Å². The first kappa shape index (κ1) is 16.8. The topological polar surface area (TPSA) is 21.3 Å². The molecule has 0 amide bonds. The highest BCUT2D eigenvalue weighted by molar-refractivity contribution is 6.33. The summed E-state index contributed by atoms with van der Waals surface area (Å²) in [6.45, 7) is 7.26. The summed E-state index contributed by atoms with van der Waals surface area (Å²) in [5.74, 6) is 0. The van der Waals surface area contributed by atoms with Crippen LogP contribution in [0.15, 0.2) is 18.2 Å². The summed E-state index contributed by atoms with van der Waals surface area (Å²) in [4.78, 5) is 0. The lowest BCUT2D eigenvalue weighted by molar-refractivity contribution is -0.0299. The second-order valence-electron chi connectivity index (χ2n) is 4.92. The Morgan fingerprint density at radius 3 is 2.53 bits per heavy atom. The van der Waals surface area contributed by atoms with Gasteiger partial charge in [0.05, 0.1) is 11.6 Å². The summed E-state index contributed by atoms with van der Waals surface area (Å²) in [7, 11) is 1.74. The van der Waals surface area contributed by atoms with Crippen LogP contribution in [0.2, 0.25) is 10.0 Å². The number of halogens is 2. The third-order valence-electron chi connectivity index (χ3n) is 3.65. The van der Waals surface area contributed by atoms with Gasteiger partial charge in [-0.3, -0.25) is 0 Å². The van der Waals surface area contributed by atoms with Crippen LogP contribution in [-0.4, -0.2) is 19.3 Å². The first-order valence-corrected chi connectivity index (χ1v) is 7.47. The number of nitrogens with one attached hydrogen (secondary N) is 1. The molecule has 2 unspecified atom stereocenters. The fraction of sp³-hybridized carbons (Fsp3) is 0.600. The monoisotopic (exact) mass is 303 g/mol. The van der Waals surface area contributed by atoms with Gasteiger partial charge in [-0.25, -0.2) is 0 Å². The molecule has 0 saturated carbocycles. The molecule has 0 bridgehead atoms. The number of hydrogen-bond donors (Lipinski definition) is 1. The fourth-order valence-corrected chi connectivity index (χ4v) is 2.55. The molecule has 2 atom stereocenters. The average Bonchev–Trinajstić information content (AvgIpc) is 2.42. The van der Waals surface area contributed by atoms with E-state index in [0.717, 1.165) is 30.0 Å². The summed E-state index contributed by atoms with van der Waals surface area (Å²) in [6, 6.07) is 5.59. The van der Waals surface area contributed by atoms with Crippen molar-refractivity contribution in [3.05, 3.63) is 33.8 Å². The van der Waals surface area contributed by atoms with E-state index in [1.807, 2.05) is 12.1 Å². The van der Waals surface area contributed by atoms with Crippen LogP contribution in [-0.2, 0) is 4.74 Å². The summed E-state index contributed by atoms with van der Waals surface area (Å²) in [5.41, 5.74) is 0.678. The Morgan fingerprint density at radius 1 is 1.32 bits per heavy atom. The maximum atomic E-state index is 6.34. The number of benzene rings is 1. The van der Waals surface area contributed by atoms with Gasteiger partial charge in [0.2, 0.25) is 0 Å². The van der Waals surface area contributed by atoms with Gasteiger partial charge in [-0.15, -0.1) is 0 Å². The van der Waals surface area contributed by atoms with Crippen LogP contribution in [0.5, 0.6) is 0 Å². The Bertz CT molecular complexity index is 405. The van der Waals surface area contributed by atoms with E-state index in [2.05, 4.69) is 26.1 Å². The summed E-state index contributed by atoms with van der Waals surface area (Å²) >= 11 is 12.4. The van der Waals surface area contributed by atoms with Crippen molar-refractivity contribution in [1.29, 1.82) is 0 Å². The van der Waals surface area contributed by atoms with E-state index in [-0.39, 0.29) is 11.6 Å². The third kappa shape index (κ3) is 4.09. The van der Waals surface area contributed by atoms with Crippen LogP contribution in [0.4, 0.5) is 0 Å². The molecule has 1 N–H and O–H groups in total. The van der Waals surface area contributed by atoms with Gasteiger partial charge in [0, 0.05) is 17.2 Å². The lowest BCUT2D eigenvalue weighted by atomic mass is 9.87. The molecule has 1 aromatic rings. The van der Waals surface area contributed by atoms with Gasteiger partial charge >= 0.3 is 0 Å². The van der Waals surface area contributed by atoms with E-state index in [0.29, 0.717) is 5.02 Å². The smallest absolute Gasteiger partial charge is 0.0842 e. The molecular formula is C15H23Cl2NO. The summed E-state index contributed by atoms with van der Waals surface area (Å²) in [6.07, 6.45) is 1.94. The molecule has 19 heavy (non-hydrogen) atoms. The molecule has 2 nitrogen and oxygen atoms in total. The molecule has 4 heteroatoms. The zero-order valence-electron chi connectivity index (χ0n) is 12.1. The van der Waals surface area contributed by atoms with E-state index < -0.39 is 0 Å². The maximum Gasteiger partial charge on any atom is 0.0842 e. The van der Waals surface area contributed by atoms with E-state index in [1.54, 1.807) is 13.2 Å². The Kier molecular flexibility index (Phi) is 6.61. The second kappa shape index (κ2) is 7.49. The van der Waals surface area contributed by atoms with Crippen molar-refractivity contribution < 1.29 is 4.74 Å². The predicted octanol–water partition coefficient (Wildman–Crippen LogP) is 4.85. The molecular weight excluding hydrogens is 281 g/mol. The maximum absolute atomic E-state index is 6.34. The van der Waals surface area contributed by atoms with Gasteiger partial charge in [0.25, 0.3) is 0 Å². The molecule has 0 aliphatic carbocycles. The van der Waals surface area contributed by atoms with Gasteiger partial charge in [-0.05, 0) is 50.1 Å². The van der Waals surface area contributed by atoms with Crippen LogP contribution < -0.4 is 5.32 Å². The predicted molar refractivity (Wildman–Crippen MR) is 83.2 cm³/mol. The van der Waals surface area contributed by atoms with E-state index in [9.17, 15) is 0 Å². The first-order chi connectivity index (χ1) is 8.98. The largest absolute Gasteiger partial charge is 0.377 e. The molecule has 0 saturated heterocycles. The van der Waals surface area contributed by atoms with E-state index >= 15 is 0 Å². The minimum Gasteiger partial charge on any atom is -0.377 e. The van der Waals surface area contributed by atoms with Gasteiger partial charge in [0.1, 0.15) is 0 Å². The van der Waals surface area contributed by atoms with Crippen molar-refractivity contribution in [3.63, 3.8) is 0 Å². The molecule has 0 aromatic heterocycles. The zero-order valence-corrected chi connectivity index (χ0v) is 13.6. The lowest BCUT2D eigenvalue weighted by Crippen LogP contribution is -2.43. The number of ether oxygens (including phenoxy) is 1. The molecule has 0 spiro atoms. The number of rotatable bonds is 7. The summed E-state index contributed by atoms with van der Waals surface area (Å²) in [5, 5.41) is 4.94. The third-order valence-corrected chi connectivity index (χ3v) is 4.23. The molecule has 0 aliphatic heterocycles. The van der Waals surface area contributed by atoms with Gasteiger partial charge in [0.15, 0.2) is 0 Å². The highest BCUT2D eigenvalue weighted by Gasteiger charge is 2.34. The Balaban J connectivity index is 3.18. The normalized spacial score (nSPS) is 16.1. The SMILES string of the molecule is CCCNC(c1cc(Cl)ccc1Cl)C(C)(CC)OC. The van der Waals surface area contributed by atoms with Crippen molar-refractivity contribution in [2.45, 2.75) is 45.3 Å². The van der Waals surface area contributed by atoms with Crippen LogP contribution >= 0.6 is 23.2 Å². The van der Waals surface area contributed by atoms with Gasteiger partial charge in [-0.1, -0.05) is 37.0 Å². The standard InChI is InChI=1S/C15H23Cl2NO/c1-5-9-18-14(15(3,6-2)19-4)12-10-11(16)7-8-13(12)17/h7-8,10,14,18H,5-6,9H2,1-4H3. The highest BCUT2D eigenvalue weighted by atomic mass is 35.5. The number of hydrogen-bond acceptors (Lipinski definition) is 2. The number of methoxy groups -OCH3 is 1. The average molecular weight is 304 g/mol. The van der Waals surface area contributed by atoms with E-state index in [4.69, 9.17) is 27.9 Å². The van der Waals surface area contributed by atoms with Crippen molar-refractivity contribution in [3.8, 4) is 0 Å². The minimum atomic E-state index is -0.316. The molecule has 108 valence electrons. The van der Waals surface area contributed by atoms with Crippen molar-refractivity contribution in [1.82, 2.24) is 5.32 Å². The lowest BCUT2D eigenvalue weighted by Gasteiger charge is -2.37. The molecule has 0 aliphatic rings. The molecule has 1 rings (SSSR count). The van der Waals surface area contributed by atoms with E-state index in [1.165, 1.54) is 0 Å². The van der Waals surface area contributed by atoms with Crippen LogP contribution in [0, 0.1) is 0 Å². The molecule has 0 heterocycles. The Morgan fingerprint density at radius 2 is 2.00 bits per heavy atom. The highest BCUT2D eigenvalue weighted by Crippen LogP contribution is 2.36. The summed E-state index contributed by atoms with van der Waals surface area (Å²) < 4.78 is 5.73. The molecule has 0 radical (unpaired) electrons. The fourth-order valence-electron chi connectivity index (χ4n) is 2.15. The van der Waals surface area contributed by atoms with Gasteiger partial charge < -0.3 is 10.1 Å². The van der Waals surface area contributed by atoms with Crippen LogP contribution in [0.3, 0.4) is 0 Å². The first-order valence-electron chi connectivity index (χ1n) is 6.72. The van der Waals surface area contributed by atoms with Crippen LogP contribution in [0.25, 0.3) is 0 Å². The minimum absolute atomic E-state index is 0.0219. The Labute approximate surface area is 126 Å². The van der Waals surface area contributed by atoms with Crippen LogP contribution in [0.1, 0.15) is 45.2 Å².